The van der Waals surface area contributed by atoms with E-state index in [0.717, 1.165) is 23.3 Å². The number of urea groups is 1. The molecule has 1 atom stereocenters. The molecule has 3 rings (SSSR count). The fourth-order valence-corrected chi connectivity index (χ4v) is 3.77. The van der Waals surface area contributed by atoms with E-state index >= 15 is 0 Å². The Morgan fingerprint density at radius 2 is 1.85 bits per heavy atom. The molecule has 1 aromatic rings. The molecule has 1 heterocycles. The van der Waals surface area contributed by atoms with Crippen molar-refractivity contribution < 1.29 is 14.4 Å². The van der Waals surface area contributed by atoms with Gasteiger partial charge in [0.1, 0.15) is 12.1 Å². The number of nitrogens with one attached hydrogen (secondary N) is 2. The molecule has 1 saturated carbocycles. The van der Waals surface area contributed by atoms with Gasteiger partial charge in [0.15, 0.2) is 0 Å². The molecule has 2 N–H and O–H groups in total. The standard InChI is InChI=1S/C20H27N3O3/c1-14-8-10-16(11-9-14)20(2)18(25)23(19(26)22-20)13-17(24)21-12-15-6-4-3-5-7-15/h8-11,15H,3-7,12-13H2,1-2H3,(H,21,24)(H,22,26)/t20-/m1/s1. The third kappa shape index (κ3) is 3.74. The summed E-state index contributed by atoms with van der Waals surface area (Å²) in [5.41, 5.74) is 0.661. The van der Waals surface area contributed by atoms with E-state index in [9.17, 15) is 14.4 Å². The second-order valence-corrected chi connectivity index (χ2v) is 7.62. The normalized spacial score (nSPS) is 23.8. The molecule has 2 aliphatic rings. The SMILES string of the molecule is Cc1ccc([C@@]2(C)NC(=O)N(CC(=O)NCC3CCCCC3)C2=O)cc1. The van der Waals surface area contributed by atoms with E-state index in [1.807, 2.05) is 31.2 Å². The summed E-state index contributed by atoms with van der Waals surface area (Å²) in [6, 6.07) is 6.95. The topological polar surface area (TPSA) is 78.5 Å². The Hall–Kier alpha value is -2.37. The van der Waals surface area contributed by atoms with Crippen LogP contribution in [0.15, 0.2) is 24.3 Å². The molecule has 140 valence electrons. The van der Waals surface area contributed by atoms with Crippen LogP contribution in [0, 0.1) is 12.8 Å². The summed E-state index contributed by atoms with van der Waals surface area (Å²) in [5, 5.41) is 5.62. The van der Waals surface area contributed by atoms with E-state index < -0.39 is 11.6 Å². The van der Waals surface area contributed by atoms with Crippen LogP contribution in [0.2, 0.25) is 0 Å². The molecule has 6 nitrogen and oxygen atoms in total. The molecule has 2 fully saturated rings. The minimum absolute atomic E-state index is 0.237. The van der Waals surface area contributed by atoms with Crippen LogP contribution in [0.3, 0.4) is 0 Å². The second-order valence-electron chi connectivity index (χ2n) is 7.62. The molecule has 6 heteroatoms. The number of rotatable bonds is 5. The van der Waals surface area contributed by atoms with Gasteiger partial charge in [0.05, 0.1) is 0 Å². The predicted octanol–water partition coefficient (Wildman–Crippen LogP) is 2.46. The fourth-order valence-electron chi connectivity index (χ4n) is 3.77. The van der Waals surface area contributed by atoms with E-state index in [1.165, 1.54) is 19.3 Å². The van der Waals surface area contributed by atoms with Gasteiger partial charge in [-0.3, -0.25) is 14.5 Å². The van der Waals surface area contributed by atoms with Crippen molar-refractivity contribution in [3.05, 3.63) is 35.4 Å². The third-order valence-electron chi connectivity index (χ3n) is 5.52. The molecule has 1 aromatic carbocycles. The average Bonchev–Trinajstić information content (AvgIpc) is 2.85. The molecule has 26 heavy (non-hydrogen) atoms. The molecule has 0 radical (unpaired) electrons. The molecule has 0 bridgehead atoms. The number of carbonyl (C=O) groups is 3. The Morgan fingerprint density at radius 3 is 2.50 bits per heavy atom. The van der Waals surface area contributed by atoms with Gasteiger partial charge in [-0.2, -0.15) is 0 Å². The first-order valence-electron chi connectivity index (χ1n) is 9.38. The molecule has 1 aliphatic carbocycles. The van der Waals surface area contributed by atoms with Crippen molar-refractivity contribution in [3.8, 4) is 0 Å². The molecule has 0 unspecified atom stereocenters. The summed E-state index contributed by atoms with van der Waals surface area (Å²) in [6.45, 7) is 4.03. The average molecular weight is 357 g/mol. The van der Waals surface area contributed by atoms with Crippen molar-refractivity contribution >= 4 is 17.8 Å². The van der Waals surface area contributed by atoms with Crippen molar-refractivity contribution in [2.24, 2.45) is 5.92 Å². The highest BCUT2D eigenvalue weighted by Gasteiger charge is 2.49. The second kappa shape index (κ2) is 7.48. The number of amides is 4. The minimum atomic E-state index is -1.13. The fraction of sp³-hybridized carbons (Fsp3) is 0.550. The lowest BCUT2D eigenvalue weighted by molar-refractivity contribution is -0.134. The van der Waals surface area contributed by atoms with Gasteiger partial charge in [0.25, 0.3) is 5.91 Å². The summed E-state index contributed by atoms with van der Waals surface area (Å²) in [6.07, 6.45) is 5.96. The van der Waals surface area contributed by atoms with Crippen molar-refractivity contribution in [1.29, 1.82) is 0 Å². The maximum atomic E-state index is 12.8. The summed E-state index contributed by atoms with van der Waals surface area (Å²) < 4.78 is 0. The first-order chi connectivity index (χ1) is 12.4. The highest BCUT2D eigenvalue weighted by Crippen LogP contribution is 2.29. The lowest BCUT2D eigenvalue weighted by Gasteiger charge is -2.23. The zero-order valence-electron chi connectivity index (χ0n) is 15.5. The van der Waals surface area contributed by atoms with Gasteiger partial charge in [-0.15, -0.1) is 0 Å². The maximum absolute atomic E-state index is 12.8. The van der Waals surface area contributed by atoms with Gasteiger partial charge in [-0.1, -0.05) is 49.1 Å². The van der Waals surface area contributed by atoms with Gasteiger partial charge in [0, 0.05) is 6.54 Å². The number of aryl methyl sites for hydroxylation is 1. The number of hydrogen-bond acceptors (Lipinski definition) is 3. The predicted molar refractivity (Wildman–Crippen MR) is 98.4 cm³/mol. The van der Waals surface area contributed by atoms with Gasteiger partial charge in [-0.05, 0) is 38.2 Å². The molecular weight excluding hydrogens is 330 g/mol. The Balaban J connectivity index is 1.61. The van der Waals surface area contributed by atoms with Gasteiger partial charge in [-0.25, -0.2) is 4.79 Å². The molecule has 0 aromatic heterocycles. The number of benzene rings is 1. The first-order valence-corrected chi connectivity index (χ1v) is 9.38. The lowest BCUT2D eigenvalue weighted by atomic mass is 9.89. The van der Waals surface area contributed by atoms with Crippen LogP contribution in [-0.4, -0.2) is 35.8 Å². The van der Waals surface area contributed by atoms with Crippen molar-refractivity contribution in [1.82, 2.24) is 15.5 Å². The summed E-state index contributed by atoms with van der Waals surface area (Å²) >= 11 is 0. The Morgan fingerprint density at radius 1 is 1.19 bits per heavy atom. The van der Waals surface area contributed by atoms with E-state index in [0.29, 0.717) is 18.0 Å². The number of hydrogen-bond donors (Lipinski definition) is 2. The first kappa shape index (κ1) is 18.4. The van der Waals surface area contributed by atoms with Crippen molar-refractivity contribution in [2.75, 3.05) is 13.1 Å². The van der Waals surface area contributed by atoms with Crippen molar-refractivity contribution in [3.63, 3.8) is 0 Å². The maximum Gasteiger partial charge on any atom is 0.325 e. The van der Waals surface area contributed by atoms with Gasteiger partial charge in [0.2, 0.25) is 5.91 Å². The van der Waals surface area contributed by atoms with Crippen LogP contribution in [0.5, 0.6) is 0 Å². The minimum Gasteiger partial charge on any atom is -0.354 e. The molecule has 1 saturated heterocycles. The highest BCUT2D eigenvalue weighted by molar-refractivity contribution is 6.09. The highest BCUT2D eigenvalue weighted by atomic mass is 16.2. The number of nitrogens with zero attached hydrogens (tertiary/aromatic N) is 1. The molecule has 4 amide bonds. The van der Waals surface area contributed by atoms with E-state index in [2.05, 4.69) is 10.6 Å². The summed E-state index contributed by atoms with van der Waals surface area (Å²) in [7, 11) is 0. The van der Waals surface area contributed by atoms with Crippen molar-refractivity contribution in [2.45, 2.75) is 51.5 Å². The van der Waals surface area contributed by atoms with Gasteiger partial charge >= 0.3 is 6.03 Å². The van der Waals surface area contributed by atoms with E-state index in [1.54, 1.807) is 6.92 Å². The third-order valence-corrected chi connectivity index (χ3v) is 5.52. The number of imide groups is 1. The van der Waals surface area contributed by atoms with Crippen LogP contribution < -0.4 is 10.6 Å². The van der Waals surface area contributed by atoms with Crippen LogP contribution in [-0.2, 0) is 15.1 Å². The smallest absolute Gasteiger partial charge is 0.325 e. The Bertz CT molecular complexity index is 695. The van der Waals surface area contributed by atoms with Crippen LogP contribution in [0.1, 0.15) is 50.2 Å². The molecule has 1 aliphatic heterocycles. The van der Waals surface area contributed by atoms with Crippen LogP contribution in [0.4, 0.5) is 4.79 Å². The Labute approximate surface area is 154 Å². The zero-order valence-corrected chi connectivity index (χ0v) is 15.5. The monoisotopic (exact) mass is 357 g/mol. The molecular formula is C20H27N3O3. The quantitative estimate of drug-likeness (QED) is 0.795. The Kier molecular flexibility index (Phi) is 5.30. The van der Waals surface area contributed by atoms with E-state index in [4.69, 9.17) is 0 Å². The largest absolute Gasteiger partial charge is 0.354 e. The van der Waals surface area contributed by atoms with Crippen LogP contribution in [0.25, 0.3) is 0 Å². The van der Waals surface area contributed by atoms with Gasteiger partial charge < -0.3 is 10.6 Å². The lowest BCUT2D eigenvalue weighted by Crippen LogP contribution is -2.44. The zero-order chi connectivity index (χ0) is 18.7. The number of carbonyl (C=O) groups excluding carboxylic acids is 3. The van der Waals surface area contributed by atoms with E-state index in [-0.39, 0.29) is 18.4 Å². The summed E-state index contributed by atoms with van der Waals surface area (Å²) in [5.74, 6) is -0.167. The summed E-state index contributed by atoms with van der Waals surface area (Å²) in [4.78, 5) is 38.4. The molecule has 0 spiro atoms. The van der Waals surface area contributed by atoms with Crippen LogP contribution >= 0.6 is 0 Å².